The number of para-hydroxylation sites is 1. The Morgan fingerprint density at radius 3 is 2.48 bits per heavy atom. The first-order valence-corrected chi connectivity index (χ1v) is 9.30. The number of benzene rings is 2. The Morgan fingerprint density at radius 2 is 1.76 bits per heavy atom. The highest BCUT2D eigenvalue weighted by Crippen LogP contribution is 2.38. The Bertz CT molecular complexity index is 1220. The van der Waals surface area contributed by atoms with Crippen LogP contribution in [-0.2, 0) is 16.1 Å². The molecule has 0 N–H and O–H groups in total. The minimum absolute atomic E-state index is 0.368. The average molecular weight is 382 g/mol. The molecule has 0 unspecified atom stereocenters. The summed E-state index contributed by atoms with van der Waals surface area (Å²) >= 11 is 0. The Hall–Kier alpha value is -3.93. The van der Waals surface area contributed by atoms with Gasteiger partial charge in [-0.1, -0.05) is 48.5 Å². The minimum Gasteiger partial charge on any atom is -0.466 e. The molecule has 0 aliphatic carbocycles. The van der Waals surface area contributed by atoms with Crippen molar-refractivity contribution < 1.29 is 9.53 Å². The minimum atomic E-state index is -0.368. The second kappa shape index (κ2) is 6.91. The molecule has 5 rings (SSSR count). The van der Waals surface area contributed by atoms with Crippen molar-refractivity contribution in [1.29, 1.82) is 0 Å². The van der Waals surface area contributed by atoms with Gasteiger partial charge in [-0.15, -0.1) is 0 Å². The van der Waals surface area contributed by atoms with Crippen LogP contribution in [0.4, 0.5) is 0 Å². The molecule has 1 aliphatic rings. The molecule has 0 bridgehead atoms. The molecule has 2 aromatic carbocycles. The summed E-state index contributed by atoms with van der Waals surface area (Å²) in [6.07, 6.45) is 5.42. The lowest BCUT2D eigenvalue weighted by atomic mass is 10.0. The second-order valence-electron chi connectivity index (χ2n) is 6.76. The molecule has 29 heavy (non-hydrogen) atoms. The van der Waals surface area contributed by atoms with Crippen molar-refractivity contribution in [3.05, 3.63) is 84.3 Å². The van der Waals surface area contributed by atoms with E-state index in [1.54, 1.807) is 6.20 Å². The summed E-state index contributed by atoms with van der Waals surface area (Å²) in [6.45, 7) is 0.387. The Balaban J connectivity index is 1.86. The number of methoxy groups -OCH3 is 1. The number of rotatable bonds is 3. The molecule has 1 aliphatic heterocycles. The van der Waals surface area contributed by atoms with Crippen molar-refractivity contribution in [2.45, 2.75) is 6.54 Å². The lowest BCUT2D eigenvalue weighted by molar-refractivity contribution is -0.136. The van der Waals surface area contributed by atoms with Crippen LogP contribution in [0.15, 0.2) is 78.6 Å². The average Bonchev–Trinajstić information content (AvgIpc) is 3.35. The Labute approximate surface area is 167 Å². The summed E-state index contributed by atoms with van der Waals surface area (Å²) in [5.41, 5.74) is 5.01. The number of carbonyl (C=O) groups is 1. The quantitative estimate of drug-likeness (QED) is 0.503. The van der Waals surface area contributed by atoms with Gasteiger partial charge in [0, 0.05) is 18.0 Å². The van der Waals surface area contributed by atoms with E-state index >= 15 is 0 Å². The second-order valence-corrected chi connectivity index (χ2v) is 6.76. The Kier molecular flexibility index (Phi) is 4.09. The first kappa shape index (κ1) is 17.2. The first-order valence-electron chi connectivity index (χ1n) is 9.30. The topological polar surface area (TPSA) is 61.9 Å². The zero-order valence-corrected chi connectivity index (χ0v) is 15.8. The van der Waals surface area contributed by atoms with Gasteiger partial charge in [0.25, 0.3) is 0 Å². The maximum absolute atomic E-state index is 12.3. The highest BCUT2D eigenvalue weighted by atomic mass is 16.5. The van der Waals surface area contributed by atoms with Crippen molar-refractivity contribution >= 4 is 12.0 Å². The molecule has 2 aromatic heterocycles. The number of hydrogen-bond acceptors (Lipinski definition) is 4. The summed E-state index contributed by atoms with van der Waals surface area (Å²) in [5, 5.41) is 4.88. The highest BCUT2D eigenvalue weighted by Gasteiger charge is 2.28. The van der Waals surface area contributed by atoms with E-state index < -0.39 is 0 Å². The van der Waals surface area contributed by atoms with Crippen molar-refractivity contribution in [2.75, 3.05) is 7.11 Å². The summed E-state index contributed by atoms with van der Waals surface area (Å²) in [7, 11) is 1.39. The van der Waals surface area contributed by atoms with Gasteiger partial charge in [0.05, 0.1) is 41.9 Å². The van der Waals surface area contributed by atoms with E-state index in [2.05, 4.69) is 17.1 Å². The van der Waals surface area contributed by atoms with Crippen LogP contribution in [0.5, 0.6) is 0 Å². The molecule has 0 saturated heterocycles. The number of esters is 1. The van der Waals surface area contributed by atoms with Crippen LogP contribution in [-0.4, -0.2) is 32.4 Å². The third kappa shape index (κ3) is 2.86. The monoisotopic (exact) mass is 382 g/mol. The van der Waals surface area contributed by atoms with E-state index in [1.165, 1.54) is 7.11 Å². The molecule has 3 heterocycles. The predicted octanol–water partition coefficient (Wildman–Crippen LogP) is 3.97. The normalized spacial score (nSPS) is 12.5. The van der Waals surface area contributed by atoms with Gasteiger partial charge in [0.1, 0.15) is 5.82 Å². The van der Waals surface area contributed by atoms with Gasteiger partial charge in [0.2, 0.25) is 0 Å². The smallest absolute Gasteiger partial charge is 0.335 e. The first-order chi connectivity index (χ1) is 14.3. The highest BCUT2D eigenvalue weighted by molar-refractivity contribution is 5.97. The van der Waals surface area contributed by atoms with E-state index in [9.17, 15) is 4.79 Å². The molecule has 0 saturated carbocycles. The number of ether oxygens (including phenoxy) is 1. The largest absolute Gasteiger partial charge is 0.466 e. The van der Waals surface area contributed by atoms with Gasteiger partial charge in [-0.25, -0.2) is 14.5 Å². The van der Waals surface area contributed by atoms with Crippen molar-refractivity contribution in [3.8, 4) is 28.3 Å². The lowest BCUT2D eigenvalue weighted by Crippen LogP contribution is -2.11. The van der Waals surface area contributed by atoms with E-state index in [-0.39, 0.29) is 5.97 Å². The molecule has 6 heteroatoms. The number of nitrogens with zero attached hydrogens (tertiary/aromatic N) is 4. The van der Waals surface area contributed by atoms with Crippen LogP contribution in [0.2, 0.25) is 0 Å². The zero-order valence-electron chi connectivity index (χ0n) is 15.8. The number of imidazole rings is 1. The van der Waals surface area contributed by atoms with Gasteiger partial charge in [-0.2, -0.15) is 5.10 Å². The van der Waals surface area contributed by atoms with Crippen LogP contribution in [0.1, 0.15) is 5.69 Å². The fraction of sp³-hybridized carbons (Fsp3) is 0.0870. The van der Waals surface area contributed by atoms with Gasteiger partial charge in [0.15, 0.2) is 0 Å². The maximum atomic E-state index is 12.3. The summed E-state index contributed by atoms with van der Waals surface area (Å²) in [6, 6.07) is 20.1. The van der Waals surface area contributed by atoms with Crippen LogP contribution in [0.3, 0.4) is 0 Å². The molecule has 6 nitrogen and oxygen atoms in total. The number of aromatic nitrogens is 4. The summed E-state index contributed by atoms with van der Waals surface area (Å²) in [4.78, 5) is 16.9. The number of carbonyl (C=O) groups excluding carboxylic acids is 1. The fourth-order valence-corrected chi connectivity index (χ4v) is 3.69. The summed E-state index contributed by atoms with van der Waals surface area (Å²) < 4.78 is 8.85. The molecule has 0 atom stereocenters. The SMILES string of the molecule is COC(=O)C1=Cc2nn(-c3ccccc3)c(-c3ccccc3)c2-c2nccn2C1. The molecular weight excluding hydrogens is 364 g/mol. The van der Waals surface area contributed by atoms with Crippen LogP contribution in [0.25, 0.3) is 34.4 Å². The molecule has 0 fully saturated rings. The van der Waals surface area contributed by atoms with Crippen LogP contribution < -0.4 is 0 Å². The molecule has 0 spiro atoms. The van der Waals surface area contributed by atoms with Crippen molar-refractivity contribution in [3.63, 3.8) is 0 Å². The van der Waals surface area contributed by atoms with Gasteiger partial charge in [-0.05, 0) is 18.2 Å². The molecular formula is C23H18N4O2. The third-order valence-electron chi connectivity index (χ3n) is 5.00. The van der Waals surface area contributed by atoms with Gasteiger partial charge in [-0.3, -0.25) is 0 Å². The number of fused-ring (bicyclic) bond motifs is 3. The van der Waals surface area contributed by atoms with E-state index in [0.29, 0.717) is 17.8 Å². The van der Waals surface area contributed by atoms with Crippen molar-refractivity contribution in [1.82, 2.24) is 19.3 Å². The van der Waals surface area contributed by atoms with Gasteiger partial charge < -0.3 is 9.30 Å². The van der Waals surface area contributed by atoms with E-state index in [0.717, 1.165) is 28.3 Å². The van der Waals surface area contributed by atoms with E-state index in [4.69, 9.17) is 9.84 Å². The number of hydrogen-bond donors (Lipinski definition) is 0. The molecule has 0 radical (unpaired) electrons. The Morgan fingerprint density at radius 1 is 1.03 bits per heavy atom. The molecule has 4 aromatic rings. The molecule has 142 valence electrons. The van der Waals surface area contributed by atoms with Crippen LogP contribution >= 0.6 is 0 Å². The fourth-order valence-electron chi connectivity index (χ4n) is 3.69. The predicted molar refractivity (Wildman–Crippen MR) is 110 cm³/mol. The third-order valence-corrected chi connectivity index (χ3v) is 5.00. The maximum Gasteiger partial charge on any atom is 0.335 e. The molecule has 0 amide bonds. The zero-order chi connectivity index (χ0) is 19.8. The standard InChI is InChI=1S/C23H18N4O2/c1-29-23(28)17-14-19-20(22-24-12-13-26(22)15-17)21(16-8-4-2-5-9-16)27(25-19)18-10-6-3-7-11-18/h2-14H,15H2,1H3. The summed E-state index contributed by atoms with van der Waals surface area (Å²) in [5.74, 6) is 0.407. The van der Waals surface area contributed by atoms with Crippen LogP contribution in [0, 0.1) is 0 Å². The van der Waals surface area contributed by atoms with Crippen molar-refractivity contribution in [2.24, 2.45) is 0 Å². The van der Waals surface area contributed by atoms with Gasteiger partial charge >= 0.3 is 5.97 Å². The lowest BCUT2D eigenvalue weighted by Gasteiger charge is -2.11. The van der Waals surface area contributed by atoms with E-state index in [1.807, 2.05) is 70.1 Å².